The topological polar surface area (TPSA) is 38.3 Å². The van der Waals surface area contributed by atoms with Crippen LogP contribution in [0.15, 0.2) is 24.3 Å². The van der Waals surface area contributed by atoms with Crippen molar-refractivity contribution >= 4 is 6.41 Å². The number of benzene rings is 1. The second-order valence-electron chi connectivity index (χ2n) is 3.89. The first-order chi connectivity index (χ1) is 9.26. The summed E-state index contributed by atoms with van der Waals surface area (Å²) in [5.41, 5.74) is 0.723. The van der Waals surface area contributed by atoms with Gasteiger partial charge in [-0.1, -0.05) is 12.1 Å². The van der Waals surface area contributed by atoms with Crippen molar-refractivity contribution in [1.29, 1.82) is 0 Å². The van der Waals surface area contributed by atoms with Crippen molar-refractivity contribution in [3.8, 4) is 5.75 Å². The summed E-state index contributed by atoms with van der Waals surface area (Å²) in [6.45, 7) is 0.397. The van der Waals surface area contributed by atoms with Crippen LogP contribution in [-0.4, -0.2) is 25.2 Å². The van der Waals surface area contributed by atoms with Gasteiger partial charge in [0.2, 0.25) is 0 Å². The van der Waals surface area contributed by atoms with Crippen LogP contribution in [-0.2, 0) is 11.2 Å². The zero-order valence-corrected chi connectivity index (χ0v) is 10.1. The first-order valence-corrected chi connectivity index (χ1v) is 5.59. The number of hydrogen-bond acceptors (Lipinski definition) is 2. The molecule has 3 nitrogen and oxygen atoms in total. The Labute approximate surface area is 111 Å². The molecule has 0 atom stereocenters. The minimum Gasteiger partial charge on any atom is -0.426 e. The molecular formula is C12H11F5NO2. The van der Waals surface area contributed by atoms with Crippen LogP contribution in [0.4, 0.5) is 22.0 Å². The van der Waals surface area contributed by atoms with E-state index in [0.29, 0.717) is 19.4 Å². The van der Waals surface area contributed by atoms with E-state index in [2.05, 4.69) is 10.1 Å². The van der Waals surface area contributed by atoms with Gasteiger partial charge in [0.15, 0.2) is 0 Å². The summed E-state index contributed by atoms with van der Waals surface area (Å²) < 4.78 is 64.6. The highest BCUT2D eigenvalue weighted by Crippen LogP contribution is 2.37. The van der Waals surface area contributed by atoms with Gasteiger partial charge in [-0.3, -0.25) is 4.79 Å². The Balaban J connectivity index is 2.56. The van der Waals surface area contributed by atoms with Crippen LogP contribution in [0.25, 0.3) is 0 Å². The molecule has 1 radical (unpaired) electrons. The highest BCUT2D eigenvalue weighted by molar-refractivity contribution is 5.46. The van der Waals surface area contributed by atoms with Crippen LogP contribution in [0.2, 0.25) is 0 Å². The maximum absolute atomic E-state index is 12.6. The molecule has 0 saturated carbocycles. The van der Waals surface area contributed by atoms with E-state index in [1.165, 1.54) is 18.5 Å². The van der Waals surface area contributed by atoms with Crippen molar-refractivity contribution in [2.24, 2.45) is 0 Å². The molecule has 0 unspecified atom stereocenters. The predicted molar refractivity (Wildman–Crippen MR) is 60.1 cm³/mol. The quantitative estimate of drug-likeness (QED) is 0.477. The van der Waals surface area contributed by atoms with Gasteiger partial charge in [-0.25, -0.2) is 0 Å². The minimum atomic E-state index is -5.76. The first kappa shape index (κ1) is 16.2. The molecule has 0 saturated heterocycles. The number of rotatable bonds is 7. The lowest BCUT2D eigenvalue weighted by Gasteiger charge is -2.20. The summed E-state index contributed by atoms with van der Waals surface area (Å²) in [7, 11) is 0. The lowest BCUT2D eigenvalue weighted by Crippen LogP contribution is -2.41. The Morgan fingerprint density at radius 3 is 2.20 bits per heavy atom. The highest BCUT2D eigenvalue weighted by Gasteiger charge is 2.61. The zero-order valence-electron chi connectivity index (χ0n) is 10.1. The number of hydrogen-bond donors (Lipinski definition) is 1. The van der Waals surface area contributed by atoms with Gasteiger partial charge in [-0.15, -0.1) is 0 Å². The van der Waals surface area contributed by atoms with Gasteiger partial charge in [0.1, 0.15) is 5.75 Å². The third kappa shape index (κ3) is 4.67. The van der Waals surface area contributed by atoms with Crippen LogP contribution >= 0.6 is 0 Å². The van der Waals surface area contributed by atoms with Crippen LogP contribution in [0.1, 0.15) is 12.0 Å². The van der Waals surface area contributed by atoms with E-state index in [1.54, 1.807) is 0 Å². The minimum absolute atomic E-state index is 0.397. The Morgan fingerprint density at radius 2 is 1.70 bits per heavy atom. The maximum Gasteiger partial charge on any atom is 0.499 e. The van der Waals surface area contributed by atoms with Gasteiger partial charge >= 0.3 is 18.7 Å². The maximum atomic E-state index is 12.6. The van der Waals surface area contributed by atoms with Gasteiger partial charge < -0.3 is 10.1 Å². The predicted octanol–water partition coefficient (Wildman–Crippen LogP) is 2.81. The van der Waals surface area contributed by atoms with E-state index < -0.39 is 18.0 Å². The molecule has 0 fully saturated rings. The van der Waals surface area contributed by atoms with Crippen molar-refractivity contribution in [3.05, 3.63) is 29.8 Å². The van der Waals surface area contributed by atoms with E-state index in [-0.39, 0.29) is 0 Å². The van der Waals surface area contributed by atoms with Crippen molar-refractivity contribution in [1.82, 2.24) is 5.32 Å². The first-order valence-electron chi connectivity index (χ1n) is 5.59. The largest absolute Gasteiger partial charge is 0.499 e. The number of halogens is 5. The Hall–Kier alpha value is -1.86. The fourth-order valence-electron chi connectivity index (χ4n) is 1.36. The van der Waals surface area contributed by atoms with Gasteiger partial charge in [0.05, 0.1) is 0 Å². The van der Waals surface area contributed by atoms with Crippen molar-refractivity contribution in [2.45, 2.75) is 25.1 Å². The molecule has 1 aromatic carbocycles. The third-order valence-electron chi connectivity index (χ3n) is 2.34. The SMILES string of the molecule is O=[C]NCCCc1ccc(OC(F)(F)C(F)(F)F)cc1. The molecule has 1 N–H and O–H groups in total. The zero-order chi connectivity index (χ0) is 15.2. The van der Waals surface area contributed by atoms with Crippen molar-refractivity contribution in [2.75, 3.05) is 6.54 Å². The fourth-order valence-corrected chi connectivity index (χ4v) is 1.36. The molecule has 0 aliphatic heterocycles. The second kappa shape index (κ2) is 6.53. The molecule has 1 rings (SSSR count). The molecule has 1 aromatic rings. The summed E-state index contributed by atoms with van der Waals surface area (Å²) in [5.74, 6) is -0.574. The average Bonchev–Trinajstić information content (AvgIpc) is 2.35. The van der Waals surface area contributed by atoms with Gasteiger partial charge in [0.25, 0.3) is 0 Å². The fraction of sp³-hybridized carbons (Fsp3) is 0.417. The average molecular weight is 296 g/mol. The van der Waals surface area contributed by atoms with E-state index in [1.807, 2.05) is 0 Å². The molecule has 0 heterocycles. The van der Waals surface area contributed by atoms with Crippen molar-refractivity contribution < 1.29 is 31.5 Å². The van der Waals surface area contributed by atoms with E-state index >= 15 is 0 Å². The smallest absolute Gasteiger partial charge is 0.426 e. The van der Waals surface area contributed by atoms with Crippen LogP contribution < -0.4 is 10.1 Å². The van der Waals surface area contributed by atoms with Gasteiger partial charge in [0, 0.05) is 6.54 Å². The Morgan fingerprint density at radius 1 is 1.10 bits per heavy atom. The lowest BCUT2D eigenvalue weighted by atomic mass is 10.1. The summed E-state index contributed by atoms with van der Waals surface area (Å²) in [6.07, 6.45) is -8.37. The number of alkyl halides is 5. The number of ether oxygens (including phenoxy) is 1. The number of aryl methyl sites for hydroxylation is 1. The summed E-state index contributed by atoms with van der Waals surface area (Å²) in [6, 6.07) is 4.83. The summed E-state index contributed by atoms with van der Waals surface area (Å²) in [5, 5.41) is 2.32. The molecule has 20 heavy (non-hydrogen) atoms. The number of nitrogens with one attached hydrogen (secondary N) is 1. The second-order valence-corrected chi connectivity index (χ2v) is 3.89. The summed E-state index contributed by atoms with van der Waals surface area (Å²) in [4.78, 5) is 9.86. The lowest BCUT2D eigenvalue weighted by molar-refractivity contribution is -0.360. The Bertz CT molecular complexity index is 430. The van der Waals surface area contributed by atoms with Gasteiger partial charge in [-0.2, -0.15) is 22.0 Å². The molecule has 111 valence electrons. The number of amides is 1. The van der Waals surface area contributed by atoms with Crippen LogP contribution in [0, 0.1) is 0 Å². The molecule has 0 aliphatic carbocycles. The van der Waals surface area contributed by atoms with E-state index in [9.17, 15) is 26.7 Å². The van der Waals surface area contributed by atoms with Crippen LogP contribution in [0.5, 0.6) is 5.75 Å². The van der Waals surface area contributed by atoms with Gasteiger partial charge in [-0.05, 0) is 30.5 Å². The molecule has 0 aliphatic rings. The van der Waals surface area contributed by atoms with Crippen molar-refractivity contribution in [3.63, 3.8) is 0 Å². The molecule has 0 aromatic heterocycles. The monoisotopic (exact) mass is 296 g/mol. The number of carbonyl (C=O) groups excluding carboxylic acids is 1. The van der Waals surface area contributed by atoms with E-state index in [0.717, 1.165) is 17.7 Å². The molecular weight excluding hydrogens is 285 g/mol. The molecule has 0 bridgehead atoms. The standard InChI is InChI=1S/C12H11F5NO2/c13-11(14,15)12(16,17)20-10-5-3-9(4-6-10)2-1-7-18-8-19/h3-6H,1-2,7H2,(H,18,19). The van der Waals surface area contributed by atoms with E-state index in [4.69, 9.17) is 0 Å². The Kier molecular flexibility index (Phi) is 5.29. The highest BCUT2D eigenvalue weighted by atomic mass is 19.4. The molecule has 0 spiro atoms. The third-order valence-corrected chi connectivity index (χ3v) is 2.34. The molecule has 8 heteroatoms. The summed E-state index contributed by atoms with van der Waals surface area (Å²) >= 11 is 0. The normalized spacial score (nSPS) is 12.1. The molecule has 1 amide bonds. The van der Waals surface area contributed by atoms with Crippen LogP contribution in [0.3, 0.4) is 0 Å².